The largest absolute Gasteiger partial charge is 0.369 e. The number of fused-ring (bicyclic) bond motifs is 1. The summed E-state index contributed by atoms with van der Waals surface area (Å²) in [5.41, 5.74) is 1.56. The molecular weight excluding hydrogens is 793 g/mol. The van der Waals surface area contributed by atoms with Crippen molar-refractivity contribution in [2.45, 2.75) is 63.8 Å². The molecule has 2 saturated heterocycles. The number of aryl methyl sites for hydroxylation is 2. The van der Waals surface area contributed by atoms with E-state index in [0.717, 1.165) is 12.1 Å². The van der Waals surface area contributed by atoms with Crippen LogP contribution in [0.2, 0.25) is 0 Å². The number of hydrogen-bond donors (Lipinski definition) is 2. The van der Waals surface area contributed by atoms with Crippen LogP contribution in [0.1, 0.15) is 78.2 Å². The second kappa shape index (κ2) is 17.3. The van der Waals surface area contributed by atoms with E-state index in [9.17, 15) is 19.2 Å². The molecule has 3 aromatic heterocycles. The molecule has 0 aliphatic carbocycles. The normalized spacial score (nSPS) is 17.5. The Bertz CT molecular complexity index is 2540. The number of anilines is 1. The molecule has 3 aliphatic rings. The fourth-order valence-electron chi connectivity index (χ4n) is 8.68. The van der Waals surface area contributed by atoms with Gasteiger partial charge in [-0.25, -0.2) is 17.6 Å². The van der Waals surface area contributed by atoms with E-state index in [4.69, 9.17) is 0 Å². The lowest BCUT2D eigenvalue weighted by molar-refractivity contribution is -0.134. The number of aromatic nitrogens is 4. The van der Waals surface area contributed by atoms with Crippen molar-refractivity contribution in [1.82, 2.24) is 34.9 Å². The van der Waals surface area contributed by atoms with Crippen LogP contribution in [0.3, 0.4) is 0 Å². The second-order valence-electron chi connectivity index (χ2n) is 16.3. The average Bonchev–Trinajstić information content (AvgIpc) is 3.95. The van der Waals surface area contributed by atoms with Gasteiger partial charge in [-0.05, 0) is 91.5 Å². The minimum Gasteiger partial charge on any atom is -0.369 e. The van der Waals surface area contributed by atoms with Gasteiger partial charge in [0.05, 0.1) is 22.8 Å². The molecule has 0 bridgehead atoms. The molecule has 4 amide bonds. The third kappa shape index (κ3) is 8.66. The number of nitrogens with zero attached hydrogens (tertiary/aromatic N) is 6. The molecule has 0 spiro atoms. The number of halogens is 4. The van der Waals surface area contributed by atoms with E-state index in [1.165, 1.54) is 29.3 Å². The van der Waals surface area contributed by atoms with Crippen LogP contribution in [-0.4, -0.2) is 93.5 Å². The number of piperidine rings is 2. The second-order valence-corrected chi connectivity index (χ2v) is 16.3. The summed E-state index contributed by atoms with van der Waals surface area (Å²) >= 11 is 0. The molecule has 5 aromatic rings. The van der Waals surface area contributed by atoms with Gasteiger partial charge in [0.2, 0.25) is 17.7 Å². The highest BCUT2D eigenvalue weighted by Gasteiger charge is 2.30. The maximum absolute atomic E-state index is 16.6. The molecule has 2 aromatic carbocycles. The molecular formula is C45H46F4N8O4. The number of imide groups is 1. The third-order valence-corrected chi connectivity index (χ3v) is 12.1. The minimum absolute atomic E-state index is 0.0352. The van der Waals surface area contributed by atoms with E-state index in [2.05, 4.69) is 20.4 Å². The first-order chi connectivity index (χ1) is 29.3. The highest BCUT2D eigenvalue weighted by Crippen LogP contribution is 2.40. The third-order valence-electron chi connectivity index (χ3n) is 12.1. The molecule has 2 N–H and O–H groups in total. The summed E-state index contributed by atoms with van der Waals surface area (Å²) in [6, 6.07) is 8.28. The Morgan fingerprint density at radius 3 is 2.44 bits per heavy atom. The monoisotopic (exact) mass is 838 g/mol. The van der Waals surface area contributed by atoms with Crippen molar-refractivity contribution in [2.75, 3.05) is 45.2 Å². The first-order valence-electron chi connectivity index (χ1n) is 20.6. The van der Waals surface area contributed by atoms with Gasteiger partial charge in [-0.3, -0.25) is 34.2 Å². The molecule has 1 atom stereocenters. The summed E-state index contributed by atoms with van der Waals surface area (Å²) in [4.78, 5) is 62.0. The molecule has 6 heterocycles. The Morgan fingerprint density at radius 2 is 1.72 bits per heavy atom. The van der Waals surface area contributed by atoms with E-state index in [1.54, 1.807) is 47.0 Å². The predicted molar refractivity (Wildman–Crippen MR) is 220 cm³/mol. The maximum Gasteiger partial charge on any atom is 0.269 e. The van der Waals surface area contributed by atoms with Crippen LogP contribution in [0.25, 0.3) is 27.6 Å². The topological polar surface area (TPSA) is 137 Å². The Kier molecular flexibility index (Phi) is 11.8. The zero-order valence-electron chi connectivity index (χ0n) is 33.9. The van der Waals surface area contributed by atoms with Gasteiger partial charge in [0.15, 0.2) is 5.82 Å². The number of pyridine rings is 1. The lowest BCUT2D eigenvalue weighted by Crippen LogP contribution is -2.39. The van der Waals surface area contributed by atoms with Crippen molar-refractivity contribution in [3.05, 3.63) is 107 Å². The Morgan fingerprint density at radius 1 is 0.918 bits per heavy atom. The molecule has 16 heteroatoms. The number of carbonyl (C=O) groups excluding carboxylic acids is 4. The maximum atomic E-state index is 16.6. The van der Waals surface area contributed by atoms with Crippen LogP contribution >= 0.6 is 0 Å². The van der Waals surface area contributed by atoms with Gasteiger partial charge in [0, 0.05) is 101 Å². The molecule has 3 aliphatic heterocycles. The van der Waals surface area contributed by atoms with Gasteiger partial charge in [0.1, 0.15) is 23.1 Å². The van der Waals surface area contributed by atoms with Crippen LogP contribution in [-0.2, 0) is 27.3 Å². The number of aromatic amines is 1. The van der Waals surface area contributed by atoms with Gasteiger partial charge in [-0.2, -0.15) is 5.10 Å². The molecule has 12 nitrogen and oxygen atoms in total. The van der Waals surface area contributed by atoms with Crippen LogP contribution in [0.4, 0.5) is 23.2 Å². The lowest BCUT2D eigenvalue weighted by atomic mass is 9.89. The molecule has 318 valence electrons. The number of amides is 4. The van der Waals surface area contributed by atoms with Crippen LogP contribution < -0.4 is 10.2 Å². The van der Waals surface area contributed by atoms with E-state index in [-0.39, 0.29) is 81.8 Å². The van der Waals surface area contributed by atoms with Crippen molar-refractivity contribution in [1.29, 1.82) is 0 Å². The predicted octanol–water partition coefficient (Wildman–Crippen LogP) is 6.76. The number of hydrogen-bond acceptors (Lipinski definition) is 7. The van der Waals surface area contributed by atoms with Gasteiger partial charge in [0.25, 0.3) is 5.91 Å². The number of rotatable bonds is 11. The number of nitrogens with one attached hydrogen (secondary N) is 2. The number of H-pyrrole nitrogens is 1. The standard InChI is InChI=1S/C45H46F4N8O4/c1-54(2)45(61)38-22-33-31(20-30(42(49)43(33)52-38)27-5-3-14-56(25-27)41(59)12-18-57-15-4-13-51-57)32-21-36(48)39(23-34(32)46)55-16-10-26(11-17-55)6-8-37-35(47)19-28(24-50-37)29-7-9-40(58)53-44(29)60/h4-5,13,15,19-24,26,29,52H,3,6-12,14,16-18,25H2,1-2H3,(H,53,58,60). The molecule has 2 fully saturated rings. The van der Waals surface area contributed by atoms with Gasteiger partial charge >= 0.3 is 0 Å². The van der Waals surface area contributed by atoms with Crippen molar-refractivity contribution in [3.8, 4) is 11.1 Å². The summed E-state index contributed by atoms with van der Waals surface area (Å²) in [7, 11) is 3.11. The lowest BCUT2D eigenvalue weighted by Gasteiger charge is -2.34. The quantitative estimate of drug-likeness (QED) is 0.111. The smallest absolute Gasteiger partial charge is 0.269 e. The molecule has 8 rings (SSSR count). The van der Waals surface area contributed by atoms with Gasteiger partial charge in [-0.15, -0.1) is 0 Å². The highest BCUT2D eigenvalue weighted by atomic mass is 19.1. The summed E-state index contributed by atoms with van der Waals surface area (Å²) in [6.07, 6.45) is 10.2. The van der Waals surface area contributed by atoms with E-state index in [1.807, 2.05) is 6.08 Å². The van der Waals surface area contributed by atoms with E-state index < -0.39 is 41.0 Å². The average molecular weight is 839 g/mol. The molecule has 61 heavy (non-hydrogen) atoms. The van der Waals surface area contributed by atoms with Crippen molar-refractivity contribution in [3.63, 3.8) is 0 Å². The van der Waals surface area contributed by atoms with Gasteiger partial charge < -0.3 is 19.7 Å². The summed E-state index contributed by atoms with van der Waals surface area (Å²) in [5, 5.41) is 6.64. The summed E-state index contributed by atoms with van der Waals surface area (Å²) < 4.78 is 65.9. The summed E-state index contributed by atoms with van der Waals surface area (Å²) in [6.45, 7) is 1.82. The SMILES string of the molecule is CN(C)C(=O)c1cc2c(-c3cc(F)c(N4CCC(CCc5ncc(C6CCC(=O)NC6=O)cc5F)CC4)cc3F)cc(C3=CCCN(C(=O)CCn4cccn4)C3)c(F)c2[nH]1. The van der Waals surface area contributed by atoms with Gasteiger partial charge in [-0.1, -0.05) is 6.08 Å². The minimum atomic E-state index is -0.727. The van der Waals surface area contributed by atoms with Crippen molar-refractivity contribution in [2.24, 2.45) is 5.92 Å². The van der Waals surface area contributed by atoms with Crippen LogP contribution in [0, 0.1) is 29.2 Å². The molecule has 0 radical (unpaired) electrons. The Labute approximate surface area is 349 Å². The van der Waals surface area contributed by atoms with E-state index in [0.29, 0.717) is 75.8 Å². The van der Waals surface area contributed by atoms with Crippen molar-refractivity contribution < 1.29 is 36.7 Å². The van der Waals surface area contributed by atoms with E-state index >= 15 is 17.6 Å². The zero-order chi connectivity index (χ0) is 42.9. The van der Waals surface area contributed by atoms with Crippen LogP contribution in [0.15, 0.2) is 61.1 Å². The first kappa shape index (κ1) is 41.4. The fourth-order valence-corrected chi connectivity index (χ4v) is 8.68. The van der Waals surface area contributed by atoms with Crippen LogP contribution in [0.5, 0.6) is 0 Å². The highest BCUT2D eigenvalue weighted by molar-refractivity contribution is 6.05. The fraction of sp³-hybridized carbons (Fsp3) is 0.378. The molecule has 1 unspecified atom stereocenters. The molecule has 0 saturated carbocycles. The number of carbonyl (C=O) groups is 4. The Balaban J connectivity index is 0.991. The summed E-state index contributed by atoms with van der Waals surface area (Å²) in [5.74, 6) is -4.35. The van der Waals surface area contributed by atoms with Crippen molar-refractivity contribution >= 4 is 45.8 Å². The Hall–Kier alpha value is -6.32. The number of benzene rings is 2. The zero-order valence-corrected chi connectivity index (χ0v) is 33.9. The first-order valence-corrected chi connectivity index (χ1v) is 20.6.